The maximum Gasteiger partial charge on any atom is 0.146 e. The number of H-pyrrole nitrogens is 1. The van der Waals surface area contributed by atoms with E-state index in [4.69, 9.17) is 4.74 Å². The minimum absolute atomic E-state index is 0.462. The molecule has 0 bridgehead atoms. The fraction of sp³-hybridized carbons (Fsp3) is 0.0909. The highest BCUT2D eigenvalue weighted by atomic mass is 16.5. The number of imidazole rings is 1. The van der Waals surface area contributed by atoms with Gasteiger partial charge >= 0.3 is 0 Å². The molecular weight excluding hydrogens is 176 g/mol. The van der Waals surface area contributed by atoms with Gasteiger partial charge in [0.25, 0.3) is 0 Å². The largest absolute Gasteiger partial charge is 0.486 e. The Kier molecular flexibility index (Phi) is 2.49. The maximum atomic E-state index is 5.48. The zero-order valence-corrected chi connectivity index (χ0v) is 7.73. The molecule has 71 valence electrons. The summed E-state index contributed by atoms with van der Waals surface area (Å²) in [5, 5.41) is 0. The number of benzene rings is 1. The van der Waals surface area contributed by atoms with E-state index < -0.39 is 0 Å². The normalized spacial score (nSPS) is 10.1. The Morgan fingerprint density at radius 3 is 2.71 bits per heavy atom. The number of nitrogens with zero attached hydrogens (tertiary/aromatic N) is 1. The smallest absolute Gasteiger partial charge is 0.146 e. The van der Waals surface area contributed by atoms with Gasteiger partial charge in [-0.1, -0.05) is 12.1 Å². The zero-order valence-electron chi connectivity index (χ0n) is 7.73. The van der Waals surface area contributed by atoms with Gasteiger partial charge in [0, 0.05) is 12.4 Å². The molecule has 0 amide bonds. The molecule has 14 heavy (non-hydrogen) atoms. The molecule has 1 N–H and O–H groups in total. The lowest BCUT2D eigenvalue weighted by Gasteiger charge is -2.03. The molecule has 1 aromatic heterocycles. The second-order valence-corrected chi connectivity index (χ2v) is 2.97. The average Bonchev–Trinajstić information content (AvgIpc) is 2.70. The molecule has 0 saturated carbocycles. The quantitative estimate of drug-likeness (QED) is 0.799. The van der Waals surface area contributed by atoms with Gasteiger partial charge in [0.2, 0.25) is 0 Å². The summed E-state index contributed by atoms with van der Waals surface area (Å²) in [6.45, 7) is 4.26. The molecule has 0 aliphatic heterocycles. The maximum absolute atomic E-state index is 5.48. The zero-order chi connectivity index (χ0) is 9.80. The first kappa shape index (κ1) is 8.81. The lowest BCUT2D eigenvalue weighted by Crippen LogP contribution is -1.96. The molecule has 2 rings (SSSR count). The van der Waals surface area contributed by atoms with E-state index in [1.54, 1.807) is 12.4 Å². The fourth-order valence-electron chi connectivity index (χ4n) is 1.11. The van der Waals surface area contributed by atoms with Crippen LogP contribution < -0.4 is 4.74 Å². The van der Waals surface area contributed by atoms with Crippen molar-refractivity contribution < 1.29 is 4.74 Å². The SMILES string of the molecule is [CH2]c1ccc(OCc2ncc[nH]2)cc1. The molecule has 0 fully saturated rings. The van der Waals surface area contributed by atoms with Gasteiger partial charge in [0.15, 0.2) is 0 Å². The molecular formula is C11H11N2O. The van der Waals surface area contributed by atoms with Gasteiger partial charge < -0.3 is 9.72 Å². The molecule has 3 heteroatoms. The van der Waals surface area contributed by atoms with Crippen LogP contribution in [0.2, 0.25) is 0 Å². The second kappa shape index (κ2) is 3.96. The lowest BCUT2D eigenvalue weighted by atomic mass is 10.2. The van der Waals surface area contributed by atoms with Crippen LogP contribution in [0.3, 0.4) is 0 Å². The van der Waals surface area contributed by atoms with E-state index in [0.29, 0.717) is 6.61 Å². The van der Waals surface area contributed by atoms with E-state index >= 15 is 0 Å². The molecule has 1 heterocycles. The predicted molar refractivity (Wildman–Crippen MR) is 53.8 cm³/mol. The first-order valence-electron chi connectivity index (χ1n) is 4.38. The van der Waals surface area contributed by atoms with Crippen LogP contribution in [-0.2, 0) is 6.61 Å². The average molecular weight is 187 g/mol. The third-order valence-electron chi connectivity index (χ3n) is 1.85. The van der Waals surface area contributed by atoms with Crippen molar-refractivity contribution in [3.8, 4) is 5.75 Å². The standard InChI is InChI=1S/C11H11N2O/c1-9-2-4-10(5-3-9)14-8-11-12-6-7-13-11/h2-7H,1,8H2,(H,12,13). The number of aromatic amines is 1. The molecule has 0 aliphatic carbocycles. The molecule has 0 spiro atoms. The summed E-state index contributed by atoms with van der Waals surface area (Å²) < 4.78 is 5.48. The van der Waals surface area contributed by atoms with Crippen LogP contribution in [0.1, 0.15) is 11.4 Å². The fourth-order valence-corrected chi connectivity index (χ4v) is 1.11. The van der Waals surface area contributed by atoms with Crippen molar-refractivity contribution in [3.63, 3.8) is 0 Å². The highest BCUT2D eigenvalue weighted by molar-refractivity contribution is 5.28. The van der Waals surface area contributed by atoms with E-state index in [1.807, 2.05) is 24.3 Å². The van der Waals surface area contributed by atoms with Crippen molar-refractivity contribution in [1.29, 1.82) is 0 Å². The van der Waals surface area contributed by atoms with Crippen LogP contribution >= 0.6 is 0 Å². The summed E-state index contributed by atoms with van der Waals surface area (Å²) in [6, 6.07) is 7.62. The molecule has 2 aromatic rings. The van der Waals surface area contributed by atoms with Crippen LogP contribution in [0.5, 0.6) is 5.75 Å². The van der Waals surface area contributed by atoms with Crippen LogP contribution in [-0.4, -0.2) is 9.97 Å². The van der Waals surface area contributed by atoms with Crippen LogP contribution in [0.4, 0.5) is 0 Å². The van der Waals surface area contributed by atoms with Gasteiger partial charge in [-0.2, -0.15) is 0 Å². The Labute approximate surface area is 82.8 Å². The summed E-state index contributed by atoms with van der Waals surface area (Å²) in [5.41, 5.74) is 0.982. The summed E-state index contributed by atoms with van der Waals surface area (Å²) in [5.74, 6) is 1.65. The Hall–Kier alpha value is -1.77. The first-order valence-corrected chi connectivity index (χ1v) is 4.38. The molecule has 1 radical (unpaired) electrons. The number of hydrogen-bond acceptors (Lipinski definition) is 2. The molecule has 0 aliphatic rings. The van der Waals surface area contributed by atoms with Gasteiger partial charge in [0.05, 0.1) is 0 Å². The lowest BCUT2D eigenvalue weighted by molar-refractivity contribution is 0.297. The summed E-state index contributed by atoms with van der Waals surface area (Å²) in [6.07, 6.45) is 3.48. The number of rotatable bonds is 3. The van der Waals surface area contributed by atoms with Crippen LogP contribution in [0, 0.1) is 6.92 Å². The summed E-state index contributed by atoms with van der Waals surface area (Å²) in [7, 11) is 0. The van der Waals surface area contributed by atoms with Gasteiger partial charge in [-0.3, -0.25) is 0 Å². The third-order valence-corrected chi connectivity index (χ3v) is 1.85. The minimum atomic E-state index is 0.462. The van der Waals surface area contributed by atoms with Crippen molar-refractivity contribution in [3.05, 3.63) is 55.0 Å². The highest BCUT2D eigenvalue weighted by Gasteiger charge is 1.96. The molecule has 0 saturated heterocycles. The van der Waals surface area contributed by atoms with Crippen LogP contribution in [0.15, 0.2) is 36.7 Å². The predicted octanol–water partition coefficient (Wildman–Crippen LogP) is 2.17. The third kappa shape index (κ3) is 2.13. The molecule has 1 aromatic carbocycles. The molecule has 3 nitrogen and oxygen atoms in total. The van der Waals surface area contributed by atoms with Crippen molar-refractivity contribution in [2.45, 2.75) is 6.61 Å². The Morgan fingerprint density at radius 2 is 2.07 bits per heavy atom. The number of nitrogens with one attached hydrogen (secondary N) is 1. The van der Waals surface area contributed by atoms with E-state index in [-0.39, 0.29) is 0 Å². The Balaban J connectivity index is 1.95. The van der Waals surface area contributed by atoms with Gasteiger partial charge in [-0.15, -0.1) is 0 Å². The second-order valence-electron chi connectivity index (χ2n) is 2.97. The van der Waals surface area contributed by atoms with Crippen molar-refractivity contribution in [1.82, 2.24) is 9.97 Å². The highest BCUT2D eigenvalue weighted by Crippen LogP contribution is 2.12. The monoisotopic (exact) mass is 187 g/mol. The van der Waals surface area contributed by atoms with Crippen LogP contribution in [0.25, 0.3) is 0 Å². The number of ether oxygens (including phenoxy) is 1. The number of hydrogen-bond donors (Lipinski definition) is 1. The van der Waals surface area contributed by atoms with E-state index in [9.17, 15) is 0 Å². The van der Waals surface area contributed by atoms with Crippen molar-refractivity contribution in [2.75, 3.05) is 0 Å². The van der Waals surface area contributed by atoms with E-state index in [1.165, 1.54) is 0 Å². The van der Waals surface area contributed by atoms with E-state index in [2.05, 4.69) is 16.9 Å². The first-order chi connectivity index (χ1) is 6.84. The number of aromatic nitrogens is 2. The van der Waals surface area contributed by atoms with E-state index in [0.717, 1.165) is 17.1 Å². The van der Waals surface area contributed by atoms with Gasteiger partial charge in [-0.05, 0) is 24.6 Å². The summed E-state index contributed by atoms with van der Waals surface area (Å²) >= 11 is 0. The topological polar surface area (TPSA) is 37.9 Å². The Bertz CT molecular complexity index is 378. The minimum Gasteiger partial charge on any atom is -0.486 e. The van der Waals surface area contributed by atoms with Gasteiger partial charge in [-0.25, -0.2) is 4.98 Å². The molecule has 0 atom stereocenters. The van der Waals surface area contributed by atoms with Crippen molar-refractivity contribution in [2.24, 2.45) is 0 Å². The molecule has 0 unspecified atom stereocenters. The van der Waals surface area contributed by atoms with Gasteiger partial charge in [0.1, 0.15) is 18.2 Å². The summed E-state index contributed by atoms with van der Waals surface area (Å²) in [4.78, 5) is 7.03. The van der Waals surface area contributed by atoms with Crippen molar-refractivity contribution >= 4 is 0 Å². The Morgan fingerprint density at radius 1 is 1.29 bits per heavy atom.